The number of aryl methyl sites for hydroxylation is 1. The Morgan fingerprint density at radius 1 is 1.16 bits per heavy atom. The van der Waals surface area contributed by atoms with E-state index in [0.29, 0.717) is 19.0 Å². The summed E-state index contributed by atoms with van der Waals surface area (Å²) in [7, 11) is 0. The van der Waals surface area contributed by atoms with Crippen molar-refractivity contribution < 1.29 is 14.1 Å². The van der Waals surface area contributed by atoms with E-state index < -0.39 is 5.91 Å². The molecule has 0 aliphatic rings. The molecule has 1 N–H and O–H groups in total. The van der Waals surface area contributed by atoms with Crippen LogP contribution in [0.15, 0.2) is 53.1 Å². The molecule has 0 radical (unpaired) electrons. The highest BCUT2D eigenvalue weighted by Crippen LogP contribution is 2.19. The Bertz CT molecular complexity index is 856. The Balaban J connectivity index is 1.67. The number of para-hydroxylation sites is 1. The topological polar surface area (TPSA) is 77.2 Å². The highest BCUT2D eigenvalue weighted by Gasteiger charge is 2.16. The van der Waals surface area contributed by atoms with Crippen molar-refractivity contribution in [2.24, 2.45) is 0 Å². The zero-order chi connectivity index (χ0) is 17.6. The van der Waals surface area contributed by atoms with Gasteiger partial charge in [-0.3, -0.25) is 4.79 Å². The van der Waals surface area contributed by atoms with E-state index >= 15 is 0 Å². The fourth-order valence-electron chi connectivity index (χ4n) is 2.33. The number of nitrogens with one attached hydrogen (secondary N) is 1. The van der Waals surface area contributed by atoms with Gasteiger partial charge in [0.2, 0.25) is 0 Å². The second-order valence-corrected chi connectivity index (χ2v) is 5.51. The Labute approximate surface area is 145 Å². The Kier molecular flexibility index (Phi) is 5.09. The molecule has 0 aliphatic carbocycles. The largest absolute Gasteiger partial charge is 0.494 e. The SMILES string of the molecule is CCOc1ccccc1CNC(=O)c1noc(-c2ccc(C)cc2)n1. The molecule has 25 heavy (non-hydrogen) atoms. The number of ether oxygens (including phenoxy) is 1. The van der Waals surface area contributed by atoms with Crippen molar-refractivity contribution >= 4 is 5.91 Å². The van der Waals surface area contributed by atoms with Gasteiger partial charge >= 0.3 is 0 Å². The second-order valence-electron chi connectivity index (χ2n) is 5.51. The number of carbonyl (C=O) groups excluding carboxylic acids is 1. The van der Waals surface area contributed by atoms with Crippen LogP contribution in [0.3, 0.4) is 0 Å². The molecule has 3 aromatic rings. The van der Waals surface area contributed by atoms with Crippen LogP contribution in [0, 0.1) is 6.92 Å². The number of carbonyl (C=O) groups is 1. The fraction of sp³-hybridized carbons (Fsp3) is 0.211. The van der Waals surface area contributed by atoms with Crippen molar-refractivity contribution in [3.8, 4) is 17.2 Å². The molecule has 3 rings (SSSR count). The molecule has 6 nitrogen and oxygen atoms in total. The van der Waals surface area contributed by atoms with Crippen molar-refractivity contribution in [1.82, 2.24) is 15.5 Å². The molecule has 128 valence electrons. The minimum Gasteiger partial charge on any atom is -0.494 e. The lowest BCUT2D eigenvalue weighted by Gasteiger charge is -2.09. The lowest BCUT2D eigenvalue weighted by molar-refractivity contribution is 0.0937. The number of hydrogen-bond acceptors (Lipinski definition) is 5. The summed E-state index contributed by atoms with van der Waals surface area (Å²) >= 11 is 0. The van der Waals surface area contributed by atoms with Crippen LogP contribution in [0.4, 0.5) is 0 Å². The van der Waals surface area contributed by atoms with Crippen molar-refractivity contribution in [3.63, 3.8) is 0 Å². The van der Waals surface area contributed by atoms with Crippen LogP contribution in [-0.2, 0) is 6.54 Å². The molecule has 0 saturated heterocycles. The van der Waals surface area contributed by atoms with Gasteiger partial charge in [0, 0.05) is 17.7 Å². The Morgan fingerprint density at radius 2 is 1.92 bits per heavy atom. The van der Waals surface area contributed by atoms with Gasteiger partial charge in [-0.15, -0.1) is 0 Å². The molecule has 0 aliphatic heterocycles. The van der Waals surface area contributed by atoms with E-state index in [-0.39, 0.29) is 5.82 Å². The molecule has 0 saturated carbocycles. The van der Waals surface area contributed by atoms with Crippen LogP contribution in [0.25, 0.3) is 11.5 Å². The quantitative estimate of drug-likeness (QED) is 0.746. The smallest absolute Gasteiger partial charge is 0.292 e. The molecule has 0 unspecified atom stereocenters. The molecule has 1 amide bonds. The first-order valence-electron chi connectivity index (χ1n) is 8.07. The summed E-state index contributed by atoms with van der Waals surface area (Å²) in [6, 6.07) is 15.2. The predicted octanol–water partition coefficient (Wildman–Crippen LogP) is 3.37. The lowest BCUT2D eigenvalue weighted by Crippen LogP contribution is -2.24. The highest BCUT2D eigenvalue weighted by molar-refractivity contribution is 5.90. The van der Waals surface area contributed by atoms with E-state index in [4.69, 9.17) is 9.26 Å². The predicted molar refractivity (Wildman–Crippen MR) is 93.3 cm³/mol. The normalized spacial score (nSPS) is 10.5. The van der Waals surface area contributed by atoms with Crippen molar-refractivity contribution in [1.29, 1.82) is 0 Å². The third-order valence-corrected chi connectivity index (χ3v) is 3.64. The molecule has 2 aromatic carbocycles. The Hall–Kier alpha value is -3.15. The minimum absolute atomic E-state index is 0.00414. The number of aromatic nitrogens is 2. The number of amides is 1. The minimum atomic E-state index is -0.395. The fourth-order valence-corrected chi connectivity index (χ4v) is 2.33. The molecule has 0 spiro atoms. The summed E-state index contributed by atoms with van der Waals surface area (Å²) < 4.78 is 10.7. The number of benzene rings is 2. The lowest BCUT2D eigenvalue weighted by atomic mass is 10.1. The van der Waals surface area contributed by atoms with Gasteiger partial charge in [0.25, 0.3) is 17.6 Å². The van der Waals surface area contributed by atoms with E-state index in [2.05, 4.69) is 15.5 Å². The van der Waals surface area contributed by atoms with Gasteiger partial charge in [0.1, 0.15) is 5.75 Å². The van der Waals surface area contributed by atoms with Gasteiger partial charge in [0.15, 0.2) is 0 Å². The molecule has 1 aromatic heterocycles. The van der Waals surface area contributed by atoms with Crippen LogP contribution >= 0.6 is 0 Å². The number of hydrogen-bond donors (Lipinski definition) is 1. The summed E-state index contributed by atoms with van der Waals surface area (Å²) in [5, 5.41) is 6.54. The van der Waals surface area contributed by atoms with E-state index in [1.54, 1.807) is 0 Å². The number of nitrogens with zero attached hydrogens (tertiary/aromatic N) is 2. The van der Waals surface area contributed by atoms with Crippen LogP contribution in [-0.4, -0.2) is 22.7 Å². The highest BCUT2D eigenvalue weighted by atomic mass is 16.5. The standard InChI is InChI=1S/C19H19N3O3/c1-3-24-16-7-5-4-6-15(16)12-20-18(23)17-21-19(25-22-17)14-10-8-13(2)9-11-14/h4-11H,3,12H2,1-2H3,(H,20,23). The average molecular weight is 337 g/mol. The third-order valence-electron chi connectivity index (χ3n) is 3.64. The summed E-state index contributed by atoms with van der Waals surface area (Å²) in [5.41, 5.74) is 2.80. The maximum absolute atomic E-state index is 12.2. The molecular formula is C19H19N3O3. The third kappa shape index (κ3) is 4.03. The molecule has 0 bridgehead atoms. The molecule has 1 heterocycles. The van der Waals surface area contributed by atoms with Gasteiger partial charge in [-0.1, -0.05) is 41.1 Å². The van der Waals surface area contributed by atoms with E-state index in [1.165, 1.54) is 0 Å². The number of rotatable bonds is 6. The van der Waals surface area contributed by atoms with Crippen LogP contribution in [0.1, 0.15) is 28.7 Å². The van der Waals surface area contributed by atoms with Gasteiger partial charge in [-0.25, -0.2) is 0 Å². The summed E-state index contributed by atoms with van der Waals surface area (Å²) in [4.78, 5) is 16.4. The van der Waals surface area contributed by atoms with E-state index in [1.807, 2.05) is 62.4 Å². The van der Waals surface area contributed by atoms with Crippen LogP contribution in [0.5, 0.6) is 5.75 Å². The van der Waals surface area contributed by atoms with E-state index in [9.17, 15) is 4.79 Å². The molecule has 6 heteroatoms. The summed E-state index contributed by atoms with van der Waals surface area (Å²) in [6.45, 7) is 4.80. The first-order valence-corrected chi connectivity index (χ1v) is 8.07. The zero-order valence-electron chi connectivity index (χ0n) is 14.2. The van der Waals surface area contributed by atoms with Crippen molar-refractivity contribution in [3.05, 3.63) is 65.5 Å². The van der Waals surface area contributed by atoms with Gasteiger partial charge < -0.3 is 14.6 Å². The molecular weight excluding hydrogens is 318 g/mol. The first-order chi connectivity index (χ1) is 12.2. The summed E-state index contributed by atoms with van der Waals surface area (Å²) in [6.07, 6.45) is 0. The van der Waals surface area contributed by atoms with Crippen LogP contribution < -0.4 is 10.1 Å². The summed E-state index contributed by atoms with van der Waals surface area (Å²) in [5.74, 6) is 0.677. The monoisotopic (exact) mass is 337 g/mol. The van der Waals surface area contributed by atoms with Crippen molar-refractivity contribution in [2.45, 2.75) is 20.4 Å². The first kappa shape index (κ1) is 16.7. The van der Waals surface area contributed by atoms with Gasteiger partial charge in [-0.05, 0) is 32.0 Å². The molecule has 0 fully saturated rings. The Morgan fingerprint density at radius 3 is 2.68 bits per heavy atom. The van der Waals surface area contributed by atoms with Gasteiger partial charge in [-0.2, -0.15) is 4.98 Å². The van der Waals surface area contributed by atoms with Crippen LogP contribution in [0.2, 0.25) is 0 Å². The maximum atomic E-state index is 12.2. The van der Waals surface area contributed by atoms with Crippen molar-refractivity contribution in [2.75, 3.05) is 6.61 Å². The average Bonchev–Trinajstić information content (AvgIpc) is 3.12. The van der Waals surface area contributed by atoms with E-state index in [0.717, 1.165) is 22.4 Å². The molecule has 0 atom stereocenters. The van der Waals surface area contributed by atoms with Gasteiger partial charge in [0.05, 0.1) is 6.61 Å². The second kappa shape index (κ2) is 7.61. The maximum Gasteiger partial charge on any atom is 0.292 e. The zero-order valence-corrected chi connectivity index (χ0v) is 14.2.